The molecule has 2 aliphatic rings. The molecule has 2 aromatic rings. The van der Waals surface area contributed by atoms with Crippen LogP contribution in [0.3, 0.4) is 0 Å². The van der Waals surface area contributed by atoms with Crippen LogP contribution in [0.5, 0.6) is 0 Å². The Bertz CT molecular complexity index is 723. The average Bonchev–Trinajstić information content (AvgIpc) is 3.09. The number of nitrogens with zero attached hydrogens (tertiary/aromatic N) is 4. The first-order chi connectivity index (χ1) is 10.7. The SMILES string of the molecule is CCOC(=O)c1c(N2CCC3(COC3)C2)nn2cccnc12. The fourth-order valence-electron chi connectivity index (χ4n) is 3.22. The van der Waals surface area contributed by atoms with Gasteiger partial charge in [0.2, 0.25) is 0 Å². The van der Waals surface area contributed by atoms with Gasteiger partial charge in [-0.25, -0.2) is 14.3 Å². The Labute approximate surface area is 127 Å². The Morgan fingerprint density at radius 1 is 1.50 bits per heavy atom. The molecule has 2 saturated heterocycles. The van der Waals surface area contributed by atoms with Crippen LogP contribution in [-0.2, 0) is 9.47 Å². The lowest BCUT2D eigenvalue weighted by molar-refractivity contribution is -0.0985. The summed E-state index contributed by atoms with van der Waals surface area (Å²) in [5.74, 6) is 0.304. The van der Waals surface area contributed by atoms with Crippen molar-refractivity contribution in [1.29, 1.82) is 0 Å². The molecule has 0 atom stereocenters. The van der Waals surface area contributed by atoms with Crippen molar-refractivity contribution in [3.8, 4) is 0 Å². The first-order valence-corrected chi connectivity index (χ1v) is 7.56. The van der Waals surface area contributed by atoms with E-state index in [4.69, 9.17) is 9.47 Å². The number of fused-ring (bicyclic) bond motifs is 1. The van der Waals surface area contributed by atoms with E-state index in [1.165, 1.54) is 0 Å². The second-order valence-corrected chi connectivity index (χ2v) is 5.97. The van der Waals surface area contributed by atoms with Crippen molar-refractivity contribution in [2.45, 2.75) is 13.3 Å². The maximum absolute atomic E-state index is 12.4. The normalized spacial score (nSPS) is 19.6. The predicted octanol–water partition coefficient (Wildman–Crippen LogP) is 1.13. The molecule has 0 aliphatic carbocycles. The molecule has 116 valence electrons. The minimum absolute atomic E-state index is 0.231. The molecule has 22 heavy (non-hydrogen) atoms. The van der Waals surface area contributed by atoms with Gasteiger partial charge in [-0.2, -0.15) is 0 Å². The van der Waals surface area contributed by atoms with E-state index in [1.807, 2.05) is 0 Å². The van der Waals surface area contributed by atoms with Gasteiger partial charge in [0, 0.05) is 30.9 Å². The molecule has 7 nitrogen and oxygen atoms in total. The van der Waals surface area contributed by atoms with Crippen LogP contribution in [0.25, 0.3) is 5.65 Å². The van der Waals surface area contributed by atoms with Gasteiger partial charge in [-0.15, -0.1) is 5.10 Å². The van der Waals surface area contributed by atoms with Crippen LogP contribution in [0.1, 0.15) is 23.7 Å². The number of carbonyl (C=O) groups is 1. The van der Waals surface area contributed by atoms with Crippen molar-refractivity contribution >= 4 is 17.4 Å². The molecule has 2 aromatic heterocycles. The maximum atomic E-state index is 12.4. The quantitative estimate of drug-likeness (QED) is 0.792. The number of ether oxygens (including phenoxy) is 2. The molecule has 0 unspecified atom stereocenters. The minimum Gasteiger partial charge on any atom is -0.462 e. The number of anilines is 1. The fraction of sp³-hybridized carbons (Fsp3) is 0.533. The van der Waals surface area contributed by atoms with Gasteiger partial charge in [0.1, 0.15) is 5.56 Å². The molecular weight excluding hydrogens is 284 g/mol. The van der Waals surface area contributed by atoms with E-state index in [1.54, 1.807) is 29.9 Å². The number of carbonyl (C=O) groups excluding carboxylic acids is 1. The Balaban J connectivity index is 1.76. The van der Waals surface area contributed by atoms with Crippen molar-refractivity contribution in [1.82, 2.24) is 14.6 Å². The second-order valence-electron chi connectivity index (χ2n) is 5.97. The van der Waals surface area contributed by atoms with Gasteiger partial charge in [0.15, 0.2) is 11.5 Å². The summed E-state index contributed by atoms with van der Waals surface area (Å²) in [4.78, 5) is 18.8. The molecule has 0 saturated carbocycles. The van der Waals surface area contributed by atoms with Crippen LogP contribution in [0, 0.1) is 5.41 Å². The van der Waals surface area contributed by atoms with E-state index in [2.05, 4.69) is 15.0 Å². The Morgan fingerprint density at radius 2 is 2.36 bits per heavy atom. The lowest BCUT2D eigenvalue weighted by atomic mass is 9.85. The number of esters is 1. The van der Waals surface area contributed by atoms with E-state index in [0.717, 1.165) is 32.7 Å². The van der Waals surface area contributed by atoms with Crippen LogP contribution >= 0.6 is 0 Å². The second kappa shape index (κ2) is 4.95. The molecule has 2 aliphatic heterocycles. The first kappa shape index (κ1) is 13.5. The van der Waals surface area contributed by atoms with Crippen molar-refractivity contribution in [2.24, 2.45) is 5.41 Å². The summed E-state index contributed by atoms with van der Waals surface area (Å²) < 4.78 is 12.2. The summed E-state index contributed by atoms with van der Waals surface area (Å²) in [6, 6.07) is 1.80. The smallest absolute Gasteiger partial charge is 0.345 e. The number of hydrogen-bond acceptors (Lipinski definition) is 6. The zero-order valence-corrected chi connectivity index (χ0v) is 12.5. The fourth-order valence-corrected chi connectivity index (χ4v) is 3.22. The van der Waals surface area contributed by atoms with E-state index in [-0.39, 0.29) is 11.4 Å². The van der Waals surface area contributed by atoms with Crippen LogP contribution in [0.2, 0.25) is 0 Å². The Morgan fingerprint density at radius 3 is 3.05 bits per heavy atom. The maximum Gasteiger partial charge on any atom is 0.345 e. The molecule has 0 amide bonds. The zero-order chi connectivity index (χ0) is 15.2. The molecule has 4 rings (SSSR count). The summed E-state index contributed by atoms with van der Waals surface area (Å²) in [6.07, 6.45) is 4.53. The molecule has 1 spiro atoms. The van der Waals surface area contributed by atoms with Crippen LogP contribution < -0.4 is 4.90 Å². The van der Waals surface area contributed by atoms with E-state index in [9.17, 15) is 4.79 Å². The van der Waals surface area contributed by atoms with E-state index in [0.29, 0.717) is 23.6 Å². The highest BCUT2D eigenvalue weighted by molar-refractivity contribution is 6.01. The highest BCUT2D eigenvalue weighted by atomic mass is 16.5. The third-order valence-electron chi connectivity index (χ3n) is 4.41. The molecule has 0 bridgehead atoms. The standard InChI is InChI=1S/C15H18N4O3/c1-2-22-14(20)11-12-16-5-3-6-19(12)17-13(11)18-7-4-15(8-18)9-21-10-15/h3,5-6H,2,4,7-10H2,1H3. The van der Waals surface area contributed by atoms with Crippen molar-refractivity contribution in [3.05, 3.63) is 24.0 Å². The predicted molar refractivity (Wildman–Crippen MR) is 79.0 cm³/mol. The van der Waals surface area contributed by atoms with Gasteiger partial charge in [-0.3, -0.25) is 0 Å². The third-order valence-corrected chi connectivity index (χ3v) is 4.41. The van der Waals surface area contributed by atoms with Crippen LogP contribution in [0.4, 0.5) is 5.82 Å². The molecule has 2 fully saturated rings. The number of aromatic nitrogens is 3. The van der Waals surface area contributed by atoms with E-state index < -0.39 is 0 Å². The minimum atomic E-state index is -0.364. The number of rotatable bonds is 3. The number of hydrogen-bond donors (Lipinski definition) is 0. The van der Waals surface area contributed by atoms with Gasteiger partial charge in [-0.1, -0.05) is 0 Å². The highest BCUT2D eigenvalue weighted by Gasteiger charge is 2.46. The average molecular weight is 302 g/mol. The Hall–Kier alpha value is -2.15. The molecule has 7 heteroatoms. The van der Waals surface area contributed by atoms with Crippen LogP contribution in [-0.4, -0.2) is 53.5 Å². The van der Waals surface area contributed by atoms with Gasteiger partial charge < -0.3 is 14.4 Å². The largest absolute Gasteiger partial charge is 0.462 e. The zero-order valence-electron chi connectivity index (χ0n) is 12.5. The third kappa shape index (κ3) is 1.96. The molecule has 4 heterocycles. The highest BCUT2D eigenvalue weighted by Crippen LogP contribution is 2.40. The Kier molecular flexibility index (Phi) is 3.04. The van der Waals surface area contributed by atoms with Gasteiger partial charge in [-0.05, 0) is 19.4 Å². The molecule has 0 N–H and O–H groups in total. The molecule has 0 radical (unpaired) electrons. The monoisotopic (exact) mass is 302 g/mol. The molecular formula is C15H18N4O3. The van der Waals surface area contributed by atoms with Crippen molar-refractivity contribution < 1.29 is 14.3 Å². The van der Waals surface area contributed by atoms with Gasteiger partial charge in [0.25, 0.3) is 0 Å². The summed E-state index contributed by atoms with van der Waals surface area (Å²) in [7, 11) is 0. The van der Waals surface area contributed by atoms with Crippen molar-refractivity contribution in [3.63, 3.8) is 0 Å². The van der Waals surface area contributed by atoms with Crippen LogP contribution in [0.15, 0.2) is 18.5 Å². The van der Waals surface area contributed by atoms with E-state index >= 15 is 0 Å². The summed E-state index contributed by atoms with van der Waals surface area (Å²) in [6.45, 7) is 5.46. The lowest BCUT2D eigenvalue weighted by Crippen LogP contribution is -2.44. The summed E-state index contributed by atoms with van der Waals surface area (Å²) >= 11 is 0. The lowest BCUT2D eigenvalue weighted by Gasteiger charge is -2.37. The first-order valence-electron chi connectivity index (χ1n) is 7.56. The molecule has 0 aromatic carbocycles. The van der Waals surface area contributed by atoms with Gasteiger partial charge >= 0.3 is 5.97 Å². The topological polar surface area (TPSA) is 69.0 Å². The summed E-state index contributed by atoms with van der Waals surface area (Å²) in [5, 5.41) is 4.56. The van der Waals surface area contributed by atoms with Crippen molar-refractivity contribution in [2.75, 3.05) is 37.8 Å². The van der Waals surface area contributed by atoms with Gasteiger partial charge in [0.05, 0.1) is 19.8 Å². The summed E-state index contributed by atoms with van der Waals surface area (Å²) in [5.41, 5.74) is 1.23.